The summed E-state index contributed by atoms with van der Waals surface area (Å²) >= 11 is 2.78. The number of aromatic nitrogens is 4. The Morgan fingerprint density at radius 1 is 1.20 bits per heavy atom. The van der Waals surface area contributed by atoms with E-state index in [2.05, 4.69) is 25.7 Å². The monoisotopic (exact) mass is 375 g/mol. The van der Waals surface area contributed by atoms with Gasteiger partial charge in [0.15, 0.2) is 10.1 Å². The highest BCUT2D eigenvalue weighted by Gasteiger charge is 2.12. The maximum atomic E-state index is 13.2. The molecule has 0 spiro atoms. The number of hydrogen-bond donors (Lipinski definition) is 1. The van der Waals surface area contributed by atoms with E-state index >= 15 is 0 Å². The topological polar surface area (TPSA) is 89.9 Å². The van der Waals surface area contributed by atoms with Gasteiger partial charge in [0.05, 0.1) is 12.0 Å². The molecule has 25 heavy (non-hydrogen) atoms. The summed E-state index contributed by atoms with van der Waals surface area (Å²) in [6, 6.07) is 9.68. The molecule has 4 rings (SSSR count). The van der Waals surface area contributed by atoms with E-state index < -0.39 is 0 Å². The van der Waals surface area contributed by atoms with Crippen molar-refractivity contribution in [1.29, 1.82) is 0 Å². The van der Waals surface area contributed by atoms with E-state index in [1.807, 2.05) is 0 Å². The molecule has 0 saturated heterocycles. The zero-order chi connectivity index (χ0) is 17.1. The lowest BCUT2D eigenvalue weighted by Gasteiger charge is -2.00. The molecule has 0 aliphatic carbocycles. The summed E-state index contributed by atoms with van der Waals surface area (Å²) in [4.78, 5) is 4.26. The molecule has 0 fully saturated rings. The molecule has 126 valence electrons. The summed E-state index contributed by atoms with van der Waals surface area (Å²) in [5.74, 6) is 1.57. The van der Waals surface area contributed by atoms with Crippen molar-refractivity contribution in [3.8, 4) is 11.6 Å². The highest BCUT2D eigenvalue weighted by atomic mass is 32.2. The van der Waals surface area contributed by atoms with Gasteiger partial charge in [0.2, 0.25) is 16.8 Å². The van der Waals surface area contributed by atoms with Crippen LogP contribution in [0.4, 0.5) is 15.2 Å². The number of rotatable bonds is 6. The number of halogens is 1. The van der Waals surface area contributed by atoms with Gasteiger partial charge in [-0.25, -0.2) is 4.39 Å². The second kappa shape index (κ2) is 7.03. The number of hydrogen-bond acceptors (Lipinski definition) is 9. The van der Waals surface area contributed by atoms with Crippen LogP contribution < -0.4 is 5.32 Å². The Labute approximate surface area is 149 Å². The molecule has 0 aliphatic heterocycles. The van der Waals surface area contributed by atoms with Crippen molar-refractivity contribution >= 4 is 33.9 Å². The fourth-order valence-electron chi connectivity index (χ4n) is 1.95. The van der Waals surface area contributed by atoms with Crippen molar-refractivity contribution in [2.24, 2.45) is 0 Å². The van der Waals surface area contributed by atoms with E-state index in [1.165, 1.54) is 35.2 Å². The zero-order valence-electron chi connectivity index (χ0n) is 12.5. The Morgan fingerprint density at radius 2 is 2.16 bits per heavy atom. The predicted molar refractivity (Wildman–Crippen MR) is 91.2 cm³/mol. The first-order chi connectivity index (χ1) is 12.3. The van der Waals surface area contributed by atoms with Gasteiger partial charge in [-0.3, -0.25) is 0 Å². The van der Waals surface area contributed by atoms with Crippen LogP contribution in [0, 0.1) is 5.82 Å². The molecule has 0 saturated carbocycles. The second-order valence-electron chi connectivity index (χ2n) is 4.79. The Bertz CT molecular complexity index is 970. The molecule has 1 N–H and O–H groups in total. The van der Waals surface area contributed by atoms with Gasteiger partial charge in [-0.05, 0) is 30.3 Å². The standard InChI is InChI=1S/C15H10FN5O2S2/c16-9-3-1-4-10(7-9)17-14-19-20-15(25-14)24-8-12-18-13(21-23-12)11-5-2-6-22-11/h1-7H,8H2,(H,17,19). The summed E-state index contributed by atoms with van der Waals surface area (Å²) in [7, 11) is 0. The first kappa shape index (κ1) is 15.8. The Hall–Kier alpha value is -2.72. The van der Waals surface area contributed by atoms with Crippen LogP contribution in [-0.4, -0.2) is 20.3 Å². The molecule has 3 aromatic heterocycles. The number of nitrogens with zero attached hydrogens (tertiary/aromatic N) is 4. The van der Waals surface area contributed by atoms with Gasteiger partial charge in [0, 0.05) is 5.69 Å². The van der Waals surface area contributed by atoms with Crippen molar-refractivity contribution in [3.63, 3.8) is 0 Å². The number of furan rings is 1. The van der Waals surface area contributed by atoms with E-state index in [-0.39, 0.29) is 5.82 Å². The van der Waals surface area contributed by atoms with E-state index in [0.717, 1.165) is 4.34 Å². The van der Waals surface area contributed by atoms with Crippen LogP contribution in [0.3, 0.4) is 0 Å². The van der Waals surface area contributed by atoms with Crippen molar-refractivity contribution in [2.45, 2.75) is 10.1 Å². The molecule has 7 nitrogen and oxygen atoms in total. The minimum atomic E-state index is -0.312. The van der Waals surface area contributed by atoms with E-state index in [1.54, 1.807) is 30.5 Å². The van der Waals surface area contributed by atoms with Gasteiger partial charge in [-0.2, -0.15) is 4.98 Å². The SMILES string of the molecule is Fc1cccc(Nc2nnc(SCc3nc(-c4ccco4)no3)s2)c1. The minimum Gasteiger partial charge on any atom is -0.461 e. The fourth-order valence-corrected chi connectivity index (χ4v) is 3.56. The van der Waals surface area contributed by atoms with Gasteiger partial charge in [0.25, 0.3) is 0 Å². The molecule has 3 heterocycles. The highest BCUT2D eigenvalue weighted by molar-refractivity contribution is 8.00. The average molecular weight is 375 g/mol. The number of nitrogens with one attached hydrogen (secondary N) is 1. The lowest BCUT2D eigenvalue weighted by atomic mass is 10.3. The molecule has 0 radical (unpaired) electrons. The lowest BCUT2D eigenvalue weighted by Crippen LogP contribution is -1.89. The third-order valence-electron chi connectivity index (χ3n) is 3.01. The van der Waals surface area contributed by atoms with Crippen LogP contribution in [-0.2, 0) is 5.75 Å². The smallest absolute Gasteiger partial charge is 0.238 e. The van der Waals surface area contributed by atoms with Gasteiger partial charge in [-0.15, -0.1) is 10.2 Å². The van der Waals surface area contributed by atoms with E-state index in [9.17, 15) is 4.39 Å². The number of anilines is 2. The van der Waals surface area contributed by atoms with Crippen LogP contribution >= 0.6 is 23.1 Å². The zero-order valence-corrected chi connectivity index (χ0v) is 14.2. The molecular formula is C15H10FN5O2S2. The first-order valence-corrected chi connectivity index (χ1v) is 8.92. The minimum absolute atomic E-state index is 0.312. The Balaban J connectivity index is 1.37. The summed E-state index contributed by atoms with van der Waals surface area (Å²) < 4.78 is 24.3. The Morgan fingerprint density at radius 3 is 3.00 bits per heavy atom. The van der Waals surface area contributed by atoms with Crippen molar-refractivity contribution < 1.29 is 13.3 Å². The van der Waals surface area contributed by atoms with E-state index in [4.69, 9.17) is 8.94 Å². The third kappa shape index (κ3) is 3.86. The summed E-state index contributed by atoms with van der Waals surface area (Å²) in [5.41, 5.74) is 0.618. The van der Waals surface area contributed by atoms with Crippen LogP contribution in [0.5, 0.6) is 0 Å². The predicted octanol–water partition coefficient (Wildman–Crippen LogP) is 4.36. The quantitative estimate of drug-likeness (QED) is 0.497. The molecule has 0 bridgehead atoms. The molecule has 1 aromatic carbocycles. The average Bonchev–Trinajstić information content (AvgIpc) is 3.34. The molecule has 0 amide bonds. The number of thioether (sulfide) groups is 1. The molecule has 0 unspecified atom stereocenters. The fraction of sp³-hybridized carbons (Fsp3) is 0.0667. The van der Waals surface area contributed by atoms with E-state index in [0.29, 0.717) is 34.0 Å². The lowest BCUT2D eigenvalue weighted by molar-refractivity contribution is 0.390. The summed E-state index contributed by atoms with van der Waals surface area (Å²) in [5, 5.41) is 15.6. The normalized spacial score (nSPS) is 10.9. The Kier molecular flexibility index (Phi) is 4.44. The van der Waals surface area contributed by atoms with Crippen LogP contribution in [0.25, 0.3) is 11.6 Å². The van der Waals surface area contributed by atoms with Crippen LogP contribution in [0.2, 0.25) is 0 Å². The van der Waals surface area contributed by atoms with Crippen molar-refractivity contribution in [1.82, 2.24) is 20.3 Å². The van der Waals surface area contributed by atoms with Gasteiger partial charge >= 0.3 is 0 Å². The molecule has 10 heteroatoms. The van der Waals surface area contributed by atoms with Crippen LogP contribution in [0.15, 0.2) is 55.9 Å². The van der Waals surface area contributed by atoms with Gasteiger partial charge in [0.1, 0.15) is 5.82 Å². The molecule has 0 atom stereocenters. The highest BCUT2D eigenvalue weighted by Crippen LogP contribution is 2.30. The second-order valence-corrected chi connectivity index (χ2v) is 6.99. The molecule has 0 aliphatic rings. The summed E-state index contributed by atoms with van der Waals surface area (Å²) in [6.45, 7) is 0. The van der Waals surface area contributed by atoms with Gasteiger partial charge in [-0.1, -0.05) is 34.3 Å². The first-order valence-electron chi connectivity index (χ1n) is 7.11. The molecular weight excluding hydrogens is 365 g/mol. The maximum Gasteiger partial charge on any atom is 0.238 e. The molecule has 4 aromatic rings. The van der Waals surface area contributed by atoms with Gasteiger partial charge < -0.3 is 14.3 Å². The largest absolute Gasteiger partial charge is 0.461 e. The third-order valence-corrected chi connectivity index (χ3v) is 4.97. The van der Waals surface area contributed by atoms with Crippen molar-refractivity contribution in [3.05, 3.63) is 54.4 Å². The maximum absolute atomic E-state index is 13.2. The number of benzene rings is 1. The van der Waals surface area contributed by atoms with Crippen LogP contribution in [0.1, 0.15) is 5.89 Å². The van der Waals surface area contributed by atoms with Crippen molar-refractivity contribution in [2.75, 3.05) is 5.32 Å². The summed E-state index contributed by atoms with van der Waals surface area (Å²) in [6.07, 6.45) is 1.55.